The van der Waals surface area contributed by atoms with E-state index in [-0.39, 0.29) is 4.90 Å². The first kappa shape index (κ1) is 22.3. The van der Waals surface area contributed by atoms with E-state index >= 15 is 0 Å². The van der Waals surface area contributed by atoms with E-state index in [4.69, 9.17) is 5.10 Å². The van der Waals surface area contributed by atoms with E-state index in [2.05, 4.69) is 17.1 Å². The van der Waals surface area contributed by atoms with Gasteiger partial charge in [-0.2, -0.15) is 9.40 Å². The van der Waals surface area contributed by atoms with Crippen LogP contribution in [0.1, 0.15) is 18.4 Å². The zero-order valence-electron chi connectivity index (χ0n) is 19.1. The van der Waals surface area contributed by atoms with Crippen molar-refractivity contribution in [3.8, 4) is 16.9 Å². The minimum atomic E-state index is -3.47. The Kier molecular flexibility index (Phi) is 6.17. The number of sulfonamides is 1. The molecule has 1 fully saturated rings. The van der Waals surface area contributed by atoms with Crippen LogP contribution < -0.4 is 4.90 Å². The molecule has 1 aliphatic rings. The summed E-state index contributed by atoms with van der Waals surface area (Å²) in [5, 5.41) is 4.87. The second-order valence-electron chi connectivity index (χ2n) is 8.47. The number of pyridine rings is 1. The summed E-state index contributed by atoms with van der Waals surface area (Å²) in [6, 6.07) is 23.5. The third-order valence-electron chi connectivity index (χ3n) is 6.08. The highest BCUT2D eigenvalue weighted by molar-refractivity contribution is 7.89. The van der Waals surface area contributed by atoms with Gasteiger partial charge in [0.2, 0.25) is 10.0 Å². The molecule has 0 bridgehead atoms. The van der Waals surface area contributed by atoms with E-state index in [1.165, 1.54) is 10.5 Å². The zero-order valence-corrected chi connectivity index (χ0v) is 19.9. The lowest BCUT2D eigenvalue weighted by molar-refractivity contribution is 0.477. The lowest BCUT2D eigenvalue weighted by Gasteiger charge is -2.19. The Labute approximate surface area is 200 Å². The third kappa shape index (κ3) is 4.47. The average Bonchev–Trinajstić information content (AvgIpc) is 3.56. The van der Waals surface area contributed by atoms with Crippen LogP contribution in [0.4, 0.5) is 5.82 Å². The van der Waals surface area contributed by atoms with Gasteiger partial charge in [0.1, 0.15) is 10.7 Å². The number of aromatic nitrogens is 3. The normalized spacial score (nSPS) is 14.4. The molecule has 0 unspecified atom stereocenters. The van der Waals surface area contributed by atoms with Gasteiger partial charge in [-0.3, -0.25) is 0 Å². The Morgan fingerprint density at radius 2 is 1.59 bits per heavy atom. The topological polar surface area (TPSA) is 71.3 Å². The third-order valence-corrected chi connectivity index (χ3v) is 7.96. The molecule has 2 aromatic carbocycles. The first-order chi connectivity index (χ1) is 16.5. The first-order valence-corrected chi connectivity index (χ1v) is 12.8. The van der Waals surface area contributed by atoms with Gasteiger partial charge >= 0.3 is 0 Å². The second kappa shape index (κ2) is 9.40. The summed E-state index contributed by atoms with van der Waals surface area (Å²) >= 11 is 0. The summed E-state index contributed by atoms with van der Waals surface area (Å²) in [7, 11) is -1.52. The maximum Gasteiger partial charge on any atom is 0.244 e. The van der Waals surface area contributed by atoms with Gasteiger partial charge in [-0.25, -0.2) is 18.1 Å². The highest BCUT2D eigenvalue weighted by Gasteiger charge is 2.27. The number of rotatable bonds is 7. The molecule has 7 nitrogen and oxygen atoms in total. The van der Waals surface area contributed by atoms with E-state index in [9.17, 15) is 8.42 Å². The molecule has 3 heterocycles. The van der Waals surface area contributed by atoms with Crippen LogP contribution in [0.5, 0.6) is 0 Å². The number of nitrogens with zero attached hydrogens (tertiary/aromatic N) is 5. The van der Waals surface area contributed by atoms with Crippen molar-refractivity contribution in [1.29, 1.82) is 0 Å². The van der Waals surface area contributed by atoms with Gasteiger partial charge in [0.25, 0.3) is 0 Å². The van der Waals surface area contributed by atoms with Gasteiger partial charge in [-0.15, -0.1) is 0 Å². The maximum atomic E-state index is 12.8. The lowest BCUT2D eigenvalue weighted by Crippen LogP contribution is -2.28. The summed E-state index contributed by atoms with van der Waals surface area (Å²) < 4.78 is 29.0. The van der Waals surface area contributed by atoms with Gasteiger partial charge in [0.15, 0.2) is 0 Å². The molecule has 0 N–H and O–H groups in total. The molecule has 0 aliphatic carbocycles. The van der Waals surface area contributed by atoms with Gasteiger partial charge in [0, 0.05) is 50.2 Å². The number of benzene rings is 2. The van der Waals surface area contributed by atoms with Gasteiger partial charge in [-0.1, -0.05) is 48.5 Å². The quantitative estimate of drug-likeness (QED) is 0.399. The van der Waals surface area contributed by atoms with Crippen LogP contribution in [0.25, 0.3) is 16.9 Å². The molecular weight excluding hydrogens is 446 g/mol. The number of anilines is 1. The molecule has 0 amide bonds. The molecule has 174 valence electrons. The molecule has 1 saturated heterocycles. The van der Waals surface area contributed by atoms with E-state index in [0.717, 1.165) is 35.3 Å². The summed E-state index contributed by atoms with van der Waals surface area (Å²) in [5.74, 6) is 0.701. The van der Waals surface area contributed by atoms with Crippen LogP contribution in [-0.2, 0) is 16.6 Å². The van der Waals surface area contributed by atoms with Crippen molar-refractivity contribution in [2.75, 3.05) is 25.0 Å². The van der Waals surface area contributed by atoms with Crippen molar-refractivity contribution in [2.24, 2.45) is 0 Å². The van der Waals surface area contributed by atoms with Gasteiger partial charge < -0.3 is 4.90 Å². The minimum absolute atomic E-state index is 0.244. The van der Waals surface area contributed by atoms with E-state index in [1.807, 2.05) is 71.4 Å². The Morgan fingerprint density at radius 1 is 0.912 bits per heavy atom. The fourth-order valence-corrected chi connectivity index (χ4v) is 5.71. The molecular formula is C26H27N5O2S. The largest absolute Gasteiger partial charge is 0.355 e. The Hall–Kier alpha value is -3.49. The van der Waals surface area contributed by atoms with Crippen molar-refractivity contribution in [2.45, 2.75) is 24.3 Å². The molecule has 5 rings (SSSR count). The number of hydrogen-bond acceptors (Lipinski definition) is 5. The predicted molar refractivity (Wildman–Crippen MR) is 133 cm³/mol. The molecule has 0 atom stereocenters. The summed E-state index contributed by atoms with van der Waals surface area (Å²) in [5.41, 5.74) is 3.99. The van der Waals surface area contributed by atoms with Crippen molar-refractivity contribution in [1.82, 2.24) is 19.1 Å². The smallest absolute Gasteiger partial charge is 0.244 e. The van der Waals surface area contributed by atoms with E-state index in [0.29, 0.717) is 25.5 Å². The number of hydrogen-bond donors (Lipinski definition) is 0. The van der Waals surface area contributed by atoms with Crippen molar-refractivity contribution in [3.63, 3.8) is 0 Å². The monoisotopic (exact) mass is 473 g/mol. The van der Waals surface area contributed by atoms with E-state index < -0.39 is 10.0 Å². The molecule has 1 aliphatic heterocycles. The van der Waals surface area contributed by atoms with Crippen molar-refractivity contribution in [3.05, 3.63) is 90.8 Å². The van der Waals surface area contributed by atoms with E-state index in [1.54, 1.807) is 12.1 Å². The summed E-state index contributed by atoms with van der Waals surface area (Å²) in [4.78, 5) is 6.72. The molecule has 2 aromatic heterocycles. The Morgan fingerprint density at radius 3 is 2.24 bits per heavy atom. The van der Waals surface area contributed by atoms with Crippen molar-refractivity contribution >= 4 is 15.8 Å². The minimum Gasteiger partial charge on any atom is -0.355 e. The van der Waals surface area contributed by atoms with Gasteiger partial charge in [0.05, 0.1) is 11.4 Å². The molecule has 0 spiro atoms. The molecule has 0 saturated carbocycles. The Bertz CT molecular complexity index is 1350. The molecule has 34 heavy (non-hydrogen) atoms. The predicted octanol–water partition coefficient (Wildman–Crippen LogP) is 4.36. The van der Waals surface area contributed by atoms with Crippen LogP contribution >= 0.6 is 0 Å². The van der Waals surface area contributed by atoms with Crippen LogP contribution in [-0.4, -0.2) is 47.6 Å². The standard InChI is InChI=1S/C26H27N5O2S/c1-29(25-15-14-24(18-27-25)34(32,33)30-16-8-9-17-30)19-22-20-31(23-12-6-3-7-13-23)28-26(22)21-10-4-2-5-11-21/h2-7,10-15,18,20H,8-9,16-17,19H2,1H3. The molecule has 8 heteroatoms. The first-order valence-electron chi connectivity index (χ1n) is 11.4. The average molecular weight is 474 g/mol. The zero-order chi connectivity index (χ0) is 23.5. The fourth-order valence-electron chi connectivity index (χ4n) is 4.24. The summed E-state index contributed by atoms with van der Waals surface area (Å²) in [6.45, 7) is 1.73. The molecule has 0 radical (unpaired) electrons. The molecule has 4 aromatic rings. The van der Waals surface area contributed by atoms with Crippen LogP contribution in [0.15, 0.2) is 90.1 Å². The lowest BCUT2D eigenvalue weighted by atomic mass is 10.1. The van der Waals surface area contributed by atoms with Crippen LogP contribution in [0.3, 0.4) is 0 Å². The highest BCUT2D eigenvalue weighted by atomic mass is 32.2. The second-order valence-corrected chi connectivity index (χ2v) is 10.4. The highest BCUT2D eigenvalue weighted by Crippen LogP contribution is 2.27. The SMILES string of the molecule is CN(Cc1cn(-c2ccccc2)nc1-c1ccccc1)c1ccc(S(=O)(=O)N2CCCC2)cn1. The van der Waals surface area contributed by atoms with Crippen LogP contribution in [0.2, 0.25) is 0 Å². The van der Waals surface area contributed by atoms with Crippen LogP contribution in [0, 0.1) is 0 Å². The maximum absolute atomic E-state index is 12.8. The number of para-hydroxylation sites is 1. The van der Waals surface area contributed by atoms with Crippen molar-refractivity contribution < 1.29 is 8.42 Å². The van der Waals surface area contributed by atoms with Gasteiger partial charge in [-0.05, 0) is 37.1 Å². The summed E-state index contributed by atoms with van der Waals surface area (Å²) in [6.07, 6.45) is 5.33. The fraction of sp³-hybridized carbons (Fsp3) is 0.231. The Balaban J connectivity index is 1.42.